The van der Waals surface area contributed by atoms with Crippen molar-refractivity contribution in [3.05, 3.63) is 29.8 Å². The Morgan fingerprint density at radius 2 is 2.30 bits per heavy atom. The highest BCUT2D eigenvalue weighted by molar-refractivity contribution is 5.79. The topological polar surface area (TPSA) is 50.4 Å². The zero-order chi connectivity index (χ0) is 14.4. The van der Waals surface area contributed by atoms with Crippen molar-refractivity contribution in [3.8, 4) is 5.75 Å². The molecule has 2 N–H and O–H groups in total. The predicted octanol–water partition coefficient (Wildman–Crippen LogP) is 2.26. The highest BCUT2D eigenvalue weighted by Gasteiger charge is 2.24. The van der Waals surface area contributed by atoms with Gasteiger partial charge in [-0.3, -0.25) is 4.79 Å². The number of benzene rings is 1. The Labute approximate surface area is 120 Å². The summed E-state index contributed by atoms with van der Waals surface area (Å²) in [7, 11) is 1.67. The average Bonchev–Trinajstić information content (AvgIpc) is 2.53. The molecule has 110 valence electrons. The molecule has 1 aliphatic rings. The van der Waals surface area contributed by atoms with Gasteiger partial charge in [-0.1, -0.05) is 25.1 Å². The van der Waals surface area contributed by atoms with E-state index in [9.17, 15) is 4.79 Å². The Hall–Kier alpha value is -1.55. The normalized spacial score (nSPS) is 20.2. The summed E-state index contributed by atoms with van der Waals surface area (Å²) in [5.74, 6) is 1.07. The maximum Gasteiger partial charge on any atom is 0.224 e. The molecule has 1 aromatic carbocycles. The smallest absolute Gasteiger partial charge is 0.224 e. The van der Waals surface area contributed by atoms with Crippen LogP contribution in [-0.2, 0) is 4.79 Å². The molecule has 1 unspecified atom stereocenters. The van der Waals surface area contributed by atoms with E-state index in [2.05, 4.69) is 17.6 Å². The minimum atomic E-state index is 0.0144. The molecule has 0 bridgehead atoms. The summed E-state index contributed by atoms with van der Waals surface area (Å²) in [4.78, 5) is 12.3. The quantitative estimate of drug-likeness (QED) is 0.867. The van der Waals surface area contributed by atoms with Crippen molar-refractivity contribution in [2.75, 3.05) is 20.2 Å². The van der Waals surface area contributed by atoms with Crippen LogP contribution in [0.15, 0.2) is 24.3 Å². The Morgan fingerprint density at radius 3 is 2.95 bits per heavy atom. The van der Waals surface area contributed by atoms with E-state index in [0.717, 1.165) is 43.7 Å². The summed E-state index contributed by atoms with van der Waals surface area (Å²) in [5.41, 5.74) is 1.05. The number of ether oxygens (including phenoxy) is 1. The van der Waals surface area contributed by atoms with Crippen LogP contribution in [0.5, 0.6) is 5.75 Å². The summed E-state index contributed by atoms with van der Waals surface area (Å²) in [5, 5.41) is 6.45. The van der Waals surface area contributed by atoms with Crippen molar-refractivity contribution in [3.63, 3.8) is 0 Å². The lowest BCUT2D eigenvalue weighted by molar-refractivity contribution is -0.126. The van der Waals surface area contributed by atoms with Crippen molar-refractivity contribution in [1.82, 2.24) is 10.6 Å². The van der Waals surface area contributed by atoms with E-state index in [1.165, 1.54) is 0 Å². The molecule has 2 rings (SSSR count). The van der Waals surface area contributed by atoms with Gasteiger partial charge in [0.2, 0.25) is 5.91 Å². The van der Waals surface area contributed by atoms with Crippen molar-refractivity contribution in [1.29, 1.82) is 0 Å². The van der Waals surface area contributed by atoms with E-state index < -0.39 is 0 Å². The zero-order valence-corrected chi connectivity index (χ0v) is 12.3. The molecule has 1 aromatic rings. The number of piperidine rings is 1. The zero-order valence-electron chi connectivity index (χ0n) is 12.3. The molecule has 1 fully saturated rings. The van der Waals surface area contributed by atoms with Gasteiger partial charge < -0.3 is 15.4 Å². The fraction of sp³-hybridized carbons (Fsp3) is 0.562. The Balaban J connectivity index is 2.06. The standard InChI is InChI=1S/C16H24N2O2/c1-3-14(13-8-4-5-9-15(13)20-2)18-16(19)12-7-6-10-17-11-12/h4-5,8-9,12,14,17H,3,6-7,10-11H2,1-2H3,(H,18,19)/t12-,14?/m1/s1. The van der Waals surface area contributed by atoms with Crippen LogP contribution in [0.1, 0.15) is 37.8 Å². The number of para-hydroxylation sites is 1. The molecule has 0 spiro atoms. The average molecular weight is 276 g/mol. The SMILES string of the molecule is CCC(NC(=O)[C@@H]1CCCNC1)c1ccccc1OC. The van der Waals surface area contributed by atoms with Gasteiger partial charge in [0.15, 0.2) is 0 Å². The Kier molecular flexibility index (Phi) is 5.41. The van der Waals surface area contributed by atoms with Crippen LogP contribution < -0.4 is 15.4 Å². The van der Waals surface area contributed by atoms with E-state index in [4.69, 9.17) is 4.74 Å². The van der Waals surface area contributed by atoms with Crippen LogP contribution in [0, 0.1) is 5.92 Å². The molecule has 0 radical (unpaired) electrons. The van der Waals surface area contributed by atoms with Gasteiger partial charge >= 0.3 is 0 Å². The first-order valence-corrected chi connectivity index (χ1v) is 7.40. The fourth-order valence-corrected chi connectivity index (χ4v) is 2.72. The minimum Gasteiger partial charge on any atom is -0.496 e. The van der Waals surface area contributed by atoms with Crippen LogP contribution in [0.2, 0.25) is 0 Å². The summed E-state index contributed by atoms with van der Waals surface area (Å²) in [6, 6.07) is 7.90. The second-order valence-electron chi connectivity index (χ2n) is 5.25. The minimum absolute atomic E-state index is 0.0144. The predicted molar refractivity (Wildman–Crippen MR) is 79.8 cm³/mol. The van der Waals surface area contributed by atoms with E-state index in [1.54, 1.807) is 7.11 Å². The van der Waals surface area contributed by atoms with Crippen LogP contribution >= 0.6 is 0 Å². The van der Waals surface area contributed by atoms with Gasteiger partial charge in [0.05, 0.1) is 19.1 Å². The maximum atomic E-state index is 12.3. The number of carbonyl (C=O) groups is 1. The first kappa shape index (κ1) is 14.9. The third-order valence-electron chi connectivity index (χ3n) is 3.91. The third kappa shape index (κ3) is 3.51. The van der Waals surface area contributed by atoms with Crippen LogP contribution in [0.4, 0.5) is 0 Å². The second kappa shape index (κ2) is 7.29. The molecule has 4 nitrogen and oxygen atoms in total. The van der Waals surface area contributed by atoms with Gasteiger partial charge in [-0.2, -0.15) is 0 Å². The first-order valence-electron chi connectivity index (χ1n) is 7.40. The highest BCUT2D eigenvalue weighted by atomic mass is 16.5. The van der Waals surface area contributed by atoms with Gasteiger partial charge in [-0.25, -0.2) is 0 Å². The van der Waals surface area contributed by atoms with E-state index >= 15 is 0 Å². The number of carbonyl (C=O) groups excluding carboxylic acids is 1. The maximum absolute atomic E-state index is 12.3. The molecule has 20 heavy (non-hydrogen) atoms. The number of nitrogens with one attached hydrogen (secondary N) is 2. The number of hydrogen-bond donors (Lipinski definition) is 2. The summed E-state index contributed by atoms with van der Waals surface area (Å²) in [6.07, 6.45) is 2.90. The molecular weight excluding hydrogens is 252 g/mol. The number of amides is 1. The van der Waals surface area contributed by atoms with Crippen molar-refractivity contribution in [2.24, 2.45) is 5.92 Å². The molecular formula is C16H24N2O2. The second-order valence-corrected chi connectivity index (χ2v) is 5.25. The van der Waals surface area contributed by atoms with E-state index in [0.29, 0.717) is 0 Å². The lowest BCUT2D eigenvalue weighted by Crippen LogP contribution is -2.41. The number of methoxy groups -OCH3 is 1. The van der Waals surface area contributed by atoms with E-state index in [-0.39, 0.29) is 17.9 Å². The Bertz CT molecular complexity index is 442. The van der Waals surface area contributed by atoms with Gasteiger partial charge in [0, 0.05) is 12.1 Å². The summed E-state index contributed by atoms with van der Waals surface area (Å²) in [6.45, 7) is 3.89. The number of hydrogen-bond acceptors (Lipinski definition) is 3. The molecule has 1 aliphatic heterocycles. The fourth-order valence-electron chi connectivity index (χ4n) is 2.72. The van der Waals surface area contributed by atoms with Crippen molar-refractivity contribution >= 4 is 5.91 Å². The molecule has 0 aromatic heterocycles. The van der Waals surface area contributed by atoms with Crippen molar-refractivity contribution in [2.45, 2.75) is 32.2 Å². The molecule has 0 aliphatic carbocycles. The molecule has 2 atom stereocenters. The van der Waals surface area contributed by atoms with Gasteiger partial charge in [-0.15, -0.1) is 0 Å². The lowest BCUT2D eigenvalue weighted by Gasteiger charge is -2.26. The third-order valence-corrected chi connectivity index (χ3v) is 3.91. The summed E-state index contributed by atoms with van der Waals surface area (Å²) < 4.78 is 5.39. The Morgan fingerprint density at radius 1 is 1.50 bits per heavy atom. The van der Waals surface area contributed by atoms with E-state index in [1.807, 2.05) is 24.3 Å². The summed E-state index contributed by atoms with van der Waals surface area (Å²) >= 11 is 0. The molecule has 1 amide bonds. The lowest BCUT2D eigenvalue weighted by atomic mass is 9.97. The monoisotopic (exact) mass is 276 g/mol. The molecule has 1 heterocycles. The van der Waals surface area contributed by atoms with Crippen molar-refractivity contribution < 1.29 is 9.53 Å². The molecule has 0 saturated carbocycles. The number of rotatable bonds is 5. The van der Waals surface area contributed by atoms with Gasteiger partial charge in [-0.05, 0) is 31.9 Å². The van der Waals surface area contributed by atoms with Gasteiger partial charge in [0.25, 0.3) is 0 Å². The van der Waals surface area contributed by atoms with Crippen LogP contribution in [0.3, 0.4) is 0 Å². The van der Waals surface area contributed by atoms with Crippen LogP contribution in [0.25, 0.3) is 0 Å². The largest absolute Gasteiger partial charge is 0.496 e. The molecule has 1 saturated heterocycles. The highest BCUT2D eigenvalue weighted by Crippen LogP contribution is 2.27. The van der Waals surface area contributed by atoms with Crippen LogP contribution in [-0.4, -0.2) is 26.1 Å². The molecule has 4 heteroatoms. The van der Waals surface area contributed by atoms with Gasteiger partial charge in [0.1, 0.15) is 5.75 Å². The first-order chi connectivity index (χ1) is 9.76.